The molecule has 1 saturated heterocycles. The van der Waals surface area contributed by atoms with Gasteiger partial charge in [-0.3, -0.25) is 4.79 Å². The summed E-state index contributed by atoms with van der Waals surface area (Å²) in [5, 5.41) is 9.65. The van der Waals surface area contributed by atoms with Crippen molar-refractivity contribution in [2.45, 2.75) is 50.0 Å². The smallest absolute Gasteiger partial charge is 0.325 e. The van der Waals surface area contributed by atoms with Gasteiger partial charge in [0.2, 0.25) is 10.0 Å². The molecular weight excluding hydrogens is 413 g/mol. The lowest BCUT2D eigenvalue weighted by Gasteiger charge is -2.45. The van der Waals surface area contributed by atoms with Crippen LogP contribution >= 0.6 is 0 Å². The van der Waals surface area contributed by atoms with Crippen LogP contribution in [0.15, 0.2) is 53.4 Å². The predicted molar refractivity (Wildman–Crippen MR) is 107 cm³/mol. The number of carboxylic acids is 1. The largest absolute Gasteiger partial charge is 0.489 e. The molecule has 0 bridgehead atoms. The van der Waals surface area contributed by atoms with Gasteiger partial charge in [-0.1, -0.05) is 12.1 Å². The number of sulfonamides is 1. The summed E-state index contributed by atoms with van der Waals surface area (Å²) in [5.41, 5.74) is -0.420. The fourth-order valence-corrected chi connectivity index (χ4v) is 5.35. The van der Waals surface area contributed by atoms with Gasteiger partial charge >= 0.3 is 5.97 Å². The zero-order valence-corrected chi connectivity index (χ0v) is 17.7. The molecule has 1 N–H and O–H groups in total. The third-order valence-corrected chi connectivity index (χ3v) is 6.72. The summed E-state index contributed by atoms with van der Waals surface area (Å²) < 4.78 is 51.6. The molecule has 9 heteroatoms. The van der Waals surface area contributed by atoms with Crippen molar-refractivity contribution >= 4 is 16.0 Å². The van der Waals surface area contributed by atoms with Crippen LogP contribution in [0.25, 0.3) is 0 Å². The molecule has 30 heavy (non-hydrogen) atoms. The lowest BCUT2D eigenvalue weighted by molar-refractivity contribution is -0.174. The van der Waals surface area contributed by atoms with Crippen LogP contribution in [0.3, 0.4) is 0 Å². The van der Waals surface area contributed by atoms with Crippen molar-refractivity contribution in [3.05, 3.63) is 59.9 Å². The van der Waals surface area contributed by atoms with E-state index < -0.39 is 33.7 Å². The molecule has 1 fully saturated rings. The Bertz CT molecular complexity index is 1000. The second-order valence-corrected chi connectivity index (χ2v) is 9.62. The van der Waals surface area contributed by atoms with E-state index >= 15 is 0 Å². The maximum absolute atomic E-state index is 13.2. The lowest BCUT2D eigenvalue weighted by Crippen LogP contribution is -2.63. The van der Waals surface area contributed by atoms with E-state index in [1.807, 2.05) is 0 Å². The first-order valence-corrected chi connectivity index (χ1v) is 10.8. The quantitative estimate of drug-likeness (QED) is 0.747. The molecule has 0 aliphatic carbocycles. The third-order valence-electron chi connectivity index (χ3n) is 4.87. The first kappa shape index (κ1) is 22.2. The van der Waals surface area contributed by atoms with E-state index in [1.165, 1.54) is 36.4 Å². The maximum atomic E-state index is 13.2. The Morgan fingerprint density at radius 2 is 1.80 bits per heavy atom. The normalized spacial score (nSPS) is 21.9. The summed E-state index contributed by atoms with van der Waals surface area (Å²) >= 11 is 0. The van der Waals surface area contributed by atoms with Crippen LogP contribution in [0.2, 0.25) is 0 Å². The summed E-state index contributed by atoms with van der Waals surface area (Å²) in [4.78, 5) is 11.8. The Labute approximate surface area is 175 Å². The highest BCUT2D eigenvalue weighted by molar-refractivity contribution is 7.89. The number of hydrogen-bond donors (Lipinski definition) is 1. The van der Waals surface area contributed by atoms with E-state index in [4.69, 9.17) is 9.47 Å². The van der Waals surface area contributed by atoms with Crippen LogP contribution in [0.1, 0.15) is 26.3 Å². The van der Waals surface area contributed by atoms with E-state index in [9.17, 15) is 22.7 Å². The van der Waals surface area contributed by atoms with Gasteiger partial charge in [0.25, 0.3) is 0 Å². The number of carboxylic acid groups (broad SMARTS) is 1. The lowest BCUT2D eigenvalue weighted by atomic mass is 9.96. The SMILES string of the molecule is C[C@H]1CN(S(=O)(=O)c2ccc(OCc3ccc(F)cc3)cc2)[C@@H](C(=O)O)C(C)(C)O1. The van der Waals surface area contributed by atoms with Crippen LogP contribution < -0.4 is 4.74 Å². The molecule has 2 aromatic carbocycles. The van der Waals surface area contributed by atoms with E-state index in [0.717, 1.165) is 9.87 Å². The Morgan fingerprint density at radius 1 is 1.20 bits per heavy atom. The van der Waals surface area contributed by atoms with Crippen LogP contribution in [0, 0.1) is 5.82 Å². The summed E-state index contributed by atoms with van der Waals surface area (Å²) in [5.74, 6) is -1.17. The van der Waals surface area contributed by atoms with Crippen molar-refractivity contribution in [3.63, 3.8) is 0 Å². The number of hydrogen-bond acceptors (Lipinski definition) is 5. The van der Waals surface area contributed by atoms with Crippen molar-refractivity contribution in [2.75, 3.05) is 6.54 Å². The van der Waals surface area contributed by atoms with Gasteiger partial charge in [0, 0.05) is 6.54 Å². The van der Waals surface area contributed by atoms with E-state index in [-0.39, 0.29) is 23.9 Å². The Balaban J connectivity index is 1.79. The molecule has 162 valence electrons. The maximum Gasteiger partial charge on any atom is 0.325 e. The number of aliphatic carboxylic acids is 1. The number of benzene rings is 2. The molecular formula is C21H24FNO6S. The molecule has 0 aromatic heterocycles. The molecule has 1 heterocycles. The van der Waals surface area contributed by atoms with Crippen LogP contribution in [0.5, 0.6) is 5.75 Å². The van der Waals surface area contributed by atoms with E-state index in [1.54, 1.807) is 32.9 Å². The van der Waals surface area contributed by atoms with Crippen LogP contribution in [0.4, 0.5) is 4.39 Å². The van der Waals surface area contributed by atoms with Gasteiger partial charge in [-0.2, -0.15) is 4.31 Å². The topological polar surface area (TPSA) is 93.1 Å². The zero-order valence-electron chi connectivity index (χ0n) is 16.9. The number of ether oxygens (including phenoxy) is 2. The summed E-state index contributed by atoms with van der Waals surface area (Å²) in [7, 11) is -4.07. The molecule has 0 spiro atoms. The second kappa shape index (κ2) is 8.33. The molecule has 2 aromatic rings. The van der Waals surface area contributed by atoms with Crippen molar-refractivity contribution < 1.29 is 32.2 Å². The van der Waals surface area contributed by atoms with Gasteiger partial charge in [0.15, 0.2) is 6.04 Å². The average molecular weight is 437 g/mol. The number of halogens is 1. The third kappa shape index (κ3) is 4.63. The molecule has 1 aliphatic heterocycles. The van der Waals surface area contributed by atoms with E-state index in [0.29, 0.717) is 5.75 Å². The Morgan fingerprint density at radius 3 is 2.37 bits per heavy atom. The van der Waals surface area contributed by atoms with Crippen LogP contribution in [-0.2, 0) is 26.2 Å². The zero-order chi connectivity index (χ0) is 22.1. The number of carbonyl (C=O) groups is 1. The predicted octanol–water partition coefficient (Wildman–Crippen LogP) is 3.05. The van der Waals surface area contributed by atoms with Crippen LogP contribution in [-0.4, -0.2) is 48.1 Å². The van der Waals surface area contributed by atoms with Crippen molar-refractivity contribution in [1.29, 1.82) is 0 Å². The summed E-state index contributed by atoms with van der Waals surface area (Å²) in [6.45, 7) is 4.97. The summed E-state index contributed by atoms with van der Waals surface area (Å²) in [6, 6.07) is 10.3. The number of morpholine rings is 1. The summed E-state index contributed by atoms with van der Waals surface area (Å²) in [6.07, 6.45) is -0.455. The standard InChI is InChI=1S/C21H24FNO6S/c1-14-12-23(19(20(24)25)21(2,3)29-14)30(26,27)18-10-8-17(9-11-18)28-13-15-4-6-16(22)7-5-15/h4-11,14,19H,12-13H2,1-3H3,(H,24,25)/t14-,19-/m0/s1. The Hall–Kier alpha value is -2.49. The molecule has 0 saturated carbocycles. The monoisotopic (exact) mass is 437 g/mol. The van der Waals surface area contributed by atoms with E-state index in [2.05, 4.69) is 0 Å². The highest BCUT2D eigenvalue weighted by atomic mass is 32.2. The molecule has 3 rings (SSSR count). The fraction of sp³-hybridized carbons (Fsp3) is 0.381. The van der Waals surface area contributed by atoms with Gasteiger partial charge in [0.05, 0.1) is 16.6 Å². The highest BCUT2D eigenvalue weighted by Crippen LogP contribution is 2.33. The van der Waals surface area contributed by atoms with Gasteiger partial charge in [0.1, 0.15) is 18.2 Å². The van der Waals surface area contributed by atoms with Crippen molar-refractivity contribution in [1.82, 2.24) is 4.31 Å². The minimum atomic E-state index is -4.07. The molecule has 0 amide bonds. The molecule has 0 unspecified atom stereocenters. The van der Waals surface area contributed by atoms with Crippen molar-refractivity contribution in [3.8, 4) is 5.75 Å². The van der Waals surface area contributed by atoms with Gasteiger partial charge in [-0.25, -0.2) is 12.8 Å². The fourth-order valence-electron chi connectivity index (χ4n) is 3.57. The Kier molecular flexibility index (Phi) is 6.16. The molecule has 2 atom stereocenters. The minimum Gasteiger partial charge on any atom is -0.489 e. The molecule has 7 nitrogen and oxygen atoms in total. The minimum absolute atomic E-state index is 0.0345. The average Bonchev–Trinajstić information content (AvgIpc) is 2.66. The molecule has 1 aliphatic rings. The first-order valence-electron chi connectivity index (χ1n) is 9.40. The number of nitrogens with zero attached hydrogens (tertiary/aromatic N) is 1. The second-order valence-electron chi connectivity index (χ2n) is 7.73. The van der Waals surface area contributed by atoms with Crippen molar-refractivity contribution in [2.24, 2.45) is 0 Å². The van der Waals surface area contributed by atoms with Gasteiger partial charge < -0.3 is 14.6 Å². The molecule has 0 radical (unpaired) electrons. The number of rotatable bonds is 6. The first-order chi connectivity index (χ1) is 14.0. The van der Waals surface area contributed by atoms with Gasteiger partial charge in [-0.15, -0.1) is 0 Å². The highest BCUT2D eigenvalue weighted by Gasteiger charge is 2.50. The van der Waals surface area contributed by atoms with Gasteiger partial charge in [-0.05, 0) is 62.7 Å².